The van der Waals surface area contributed by atoms with E-state index in [9.17, 15) is 13.2 Å². The van der Waals surface area contributed by atoms with Crippen molar-refractivity contribution in [1.29, 1.82) is 0 Å². The summed E-state index contributed by atoms with van der Waals surface area (Å²) in [6.45, 7) is 2.81. The average Bonchev–Trinajstić information content (AvgIpc) is 2.08. The van der Waals surface area contributed by atoms with Crippen molar-refractivity contribution in [3.8, 4) is 0 Å². The van der Waals surface area contributed by atoms with Crippen molar-refractivity contribution >= 4 is 0 Å². The van der Waals surface area contributed by atoms with Crippen LogP contribution in [0, 0.1) is 0 Å². The Kier molecular flexibility index (Phi) is 6.92. The van der Waals surface area contributed by atoms with Crippen LogP contribution < -0.4 is 5.32 Å². The molecule has 0 aromatic carbocycles. The molecular formula is C9H19F3N2. The van der Waals surface area contributed by atoms with Gasteiger partial charge in [-0.2, -0.15) is 13.2 Å². The summed E-state index contributed by atoms with van der Waals surface area (Å²) in [5.74, 6) is 0. The number of nitrogens with one attached hydrogen (secondary N) is 1. The van der Waals surface area contributed by atoms with Crippen molar-refractivity contribution in [2.24, 2.45) is 0 Å². The van der Waals surface area contributed by atoms with Gasteiger partial charge in [0.15, 0.2) is 0 Å². The summed E-state index contributed by atoms with van der Waals surface area (Å²) >= 11 is 0. The Labute approximate surface area is 83.5 Å². The van der Waals surface area contributed by atoms with Gasteiger partial charge in [-0.05, 0) is 39.5 Å². The van der Waals surface area contributed by atoms with Gasteiger partial charge < -0.3 is 5.32 Å². The number of hydrogen-bond donors (Lipinski definition) is 1. The van der Waals surface area contributed by atoms with Crippen LogP contribution in [0.15, 0.2) is 0 Å². The van der Waals surface area contributed by atoms with Crippen LogP contribution in [0.1, 0.15) is 19.8 Å². The van der Waals surface area contributed by atoms with Gasteiger partial charge in [0.1, 0.15) is 0 Å². The van der Waals surface area contributed by atoms with Gasteiger partial charge in [-0.15, -0.1) is 0 Å². The zero-order valence-corrected chi connectivity index (χ0v) is 8.82. The Morgan fingerprint density at radius 2 is 1.86 bits per heavy atom. The molecule has 0 aromatic heterocycles. The molecule has 0 heterocycles. The molecule has 0 aromatic rings. The van der Waals surface area contributed by atoms with E-state index in [-0.39, 0.29) is 0 Å². The molecule has 0 fully saturated rings. The van der Waals surface area contributed by atoms with Crippen LogP contribution in [0.25, 0.3) is 0 Å². The summed E-state index contributed by atoms with van der Waals surface area (Å²) in [7, 11) is 1.84. The number of hydrogen-bond acceptors (Lipinski definition) is 2. The Morgan fingerprint density at radius 1 is 1.21 bits per heavy atom. The molecule has 86 valence electrons. The van der Waals surface area contributed by atoms with E-state index in [1.165, 1.54) is 4.90 Å². The number of nitrogens with zero attached hydrogens (tertiary/aromatic N) is 1. The van der Waals surface area contributed by atoms with Gasteiger partial charge in [-0.25, -0.2) is 0 Å². The van der Waals surface area contributed by atoms with E-state index < -0.39 is 12.7 Å². The number of unbranched alkanes of at least 4 members (excludes halogenated alkanes) is 1. The second-order valence-electron chi connectivity index (χ2n) is 3.29. The maximum atomic E-state index is 12.0. The normalized spacial score (nSPS) is 12.4. The highest BCUT2D eigenvalue weighted by Gasteiger charge is 2.29. The van der Waals surface area contributed by atoms with Crippen molar-refractivity contribution in [1.82, 2.24) is 10.2 Å². The highest BCUT2D eigenvalue weighted by atomic mass is 19.4. The summed E-state index contributed by atoms with van der Waals surface area (Å²) in [6.07, 6.45) is -2.34. The minimum atomic E-state index is -4.07. The zero-order chi connectivity index (χ0) is 11.0. The Hall–Kier alpha value is -0.290. The van der Waals surface area contributed by atoms with E-state index in [1.807, 2.05) is 7.05 Å². The fraction of sp³-hybridized carbons (Fsp3) is 1.00. The molecule has 0 aliphatic heterocycles. The second-order valence-corrected chi connectivity index (χ2v) is 3.29. The molecule has 0 saturated heterocycles. The summed E-state index contributed by atoms with van der Waals surface area (Å²) in [4.78, 5) is 1.43. The van der Waals surface area contributed by atoms with Crippen LogP contribution in [0.2, 0.25) is 0 Å². The second kappa shape index (κ2) is 7.06. The summed E-state index contributed by atoms with van der Waals surface area (Å²) in [5.41, 5.74) is 0. The summed E-state index contributed by atoms with van der Waals surface area (Å²) in [5, 5.41) is 2.97. The third-order valence-corrected chi connectivity index (χ3v) is 2.00. The van der Waals surface area contributed by atoms with Crippen LogP contribution in [0.3, 0.4) is 0 Å². The minimum absolute atomic E-state index is 0.457. The standard InChI is InChI=1S/C9H19F3N2/c1-3-14(8-9(10,11)12)7-5-4-6-13-2/h13H,3-8H2,1-2H3. The number of rotatable bonds is 7. The van der Waals surface area contributed by atoms with Crippen LogP contribution in [-0.4, -0.2) is 44.3 Å². The van der Waals surface area contributed by atoms with Gasteiger partial charge in [0.25, 0.3) is 0 Å². The number of alkyl halides is 3. The molecular weight excluding hydrogens is 193 g/mol. The summed E-state index contributed by atoms with van der Waals surface area (Å²) in [6, 6.07) is 0. The van der Waals surface area contributed by atoms with Gasteiger partial charge in [-0.3, -0.25) is 4.90 Å². The summed E-state index contributed by atoms with van der Waals surface area (Å²) < 4.78 is 36.0. The highest BCUT2D eigenvalue weighted by molar-refractivity contribution is 4.61. The fourth-order valence-electron chi connectivity index (χ4n) is 1.24. The van der Waals surface area contributed by atoms with Crippen molar-refractivity contribution < 1.29 is 13.2 Å². The van der Waals surface area contributed by atoms with Gasteiger partial charge in [0.05, 0.1) is 6.54 Å². The Bertz CT molecular complexity index is 137. The van der Waals surface area contributed by atoms with E-state index in [1.54, 1.807) is 6.92 Å². The van der Waals surface area contributed by atoms with Crippen molar-refractivity contribution in [2.75, 3.05) is 33.2 Å². The van der Waals surface area contributed by atoms with Crippen LogP contribution in [-0.2, 0) is 0 Å². The molecule has 2 nitrogen and oxygen atoms in total. The maximum Gasteiger partial charge on any atom is 0.401 e. The van der Waals surface area contributed by atoms with Crippen LogP contribution in [0.4, 0.5) is 13.2 Å². The first kappa shape index (κ1) is 13.7. The molecule has 0 spiro atoms. The largest absolute Gasteiger partial charge is 0.401 e. The van der Waals surface area contributed by atoms with Gasteiger partial charge in [0, 0.05) is 0 Å². The average molecular weight is 212 g/mol. The van der Waals surface area contributed by atoms with Crippen molar-refractivity contribution in [2.45, 2.75) is 25.9 Å². The molecule has 0 unspecified atom stereocenters. The first-order valence-electron chi connectivity index (χ1n) is 4.93. The van der Waals surface area contributed by atoms with Gasteiger partial charge in [0.2, 0.25) is 0 Å². The molecule has 0 radical (unpaired) electrons. The molecule has 14 heavy (non-hydrogen) atoms. The topological polar surface area (TPSA) is 15.3 Å². The molecule has 0 aliphatic rings. The lowest BCUT2D eigenvalue weighted by molar-refractivity contribution is -0.145. The quantitative estimate of drug-likeness (QED) is 0.648. The van der Waals surface area contributed by atoms with E-state index >= 15 is 0 Å². The lowest BCUT2D eigenvalue weighted by Crippen LogP contribution is -2.35. The molecule has 0 aliphatic carbocycles. The number of halogens is 3. The first-order valence-corrected chi connectivity index (χ1v) is 4.93. The van der Waals surface area contributed by atoms with Crippen LogP contribution >= 0.6 is 0 Å². The molecule has 0 rings (SSSR count). The van der Waals surface area contributed by atoms with Crippen molar-refractivity contribution in [3.05, 3.63) is 0 Å². The smallest absolute Gasteiger partial charge is 0.320 e. The lowest BCUT2D eigenvalue weighted by Gasteiger charge is -2.21. The maximum absolute atomic E-state index is 12.0. The monoisotopic (exact) mass is 212 g/mol. The predicted octanol–water partition coefficient (Wildman–Crippen LogP) is 1.87. The molecule has 5 heteroatoms. The lowest BCUT2D eigenvalue weighted by atomic mass is 10.3. The van der Waals surface area contributed by atoms with E-state index in [4.69, 9.17) is 0 Å². The first-order chi connectivity index (χ1) is 6.49. The molecule has 0 atom stereocenters. The zero-order valence-electron chi connectivity index (χ0n) is 8.82. The molecule has 1 N–H and O–H groups in total. The predicted molar refractivity (Wildman–Crippen MR) is 51.3 cm³/mol. The third-order valence-electron chi connectivity index (χ3n) is 2.00. The van der Waals surface area contributed by atoms with Gasteiger partial charge in [-0.1, -0.05) is 6.92 Å². The van der Waals surface area contributed by atoms with Gasteiger partial charge >= 0.3 is 6.18 Å². The van der Waals surface area contributed by atoms with E-state index in [0.29, 0.717) is 13.1 Å². The van der Waals surface area contributed by atoms with E-state index in [0.717, 1.165) is 19.4 Å². The highest BCUT2D eigenvalue weighted by Crippen LogP contribution is 2.16. The molecule has 0 bridgehead atoms. The van der Waals surface area contributed by atoms with E-state index in [2.05, 4.69) is 5.32 Å². The Morgan fingerprint density at radius 3 is 2.29 bits per heavy atom. The van der Waals surface area contributed by atoms with Crippen molar-refractivity contribution in [3.63, 3.8) is 0 Å². The SMILES string of the molecule is CCN(CCCCNC)CC(F)(F)F. The fourth-order valence-corrected chi connectivity index (χ4v) is 1.24. The minimum Gasteiger partial charge on any atom is -0.320 e. The molecule has 0 amide bonds. The third kappa shape index (κ3) is 8.31. The molecule has 0 saturated carbocycles. The Balaban J connectivity index is 3.58. The van der Waals surface area contributed by atoms with Crippen LogP contribution in [0.5, 0.6) is 0 Å².